The molecule has 2 aromatic rings. The number of nitrogens with zero attached hydrogens (tertiary/aromatic N) is 1. The Bertz CT molecular complexity index is 725. The van der Waals surface area contributed by atoms with Gasteiger partial charge in [0.1, 0.15) is 5.75 Å². The van der Waals surface area contributed by atoms with Crippen LogP contribution in [0.5, 0.6) is 5.75 Å². The fraction of sp³-hybridized carbons (Fsp3) is 0.176. The number of halogens is 3. The van der Waals surface area contributed by atoms with Gasteiger partial charge < -0.3 is 4.74 Å². The first-order chi connectivity index (χ1) is 11.4. The number of hydrazone groups is 1. The van der Waals surface area contributed by atoms with Crippen LogP contribution in [0.25, 0.3) is 0 Å². The number of rotatable bonds is 5. The third kappa shape index (κ3) is 4.84. The topological polar surface area (TPSA) is 50.7 Å². The lowest BCUT2D eigenvalue weighted by molar-refractivity contribution is -0.137. The van der Waals surface area contributed by atoms with Crippen LogP contribution in [-0.2, 0) is 6.18 Å². The second-order valence-corrected chi connectivity index (χ2v) is 4.78. The van der Waals surface area contributed by atoms with Gasteiger partial charge in [-0.3, -0.25) is 4.79 Å². The maximum absolute atomic E-state index is 12.6. The molecule has 0 saturated heterocycles. The van der Waals surface area contributed by atoms with Crippen LogP contribution < -0.4 is 10.2 Å². The highest BCUT2D eigenvalue weighted by atomic mass is 19.4. The molecule has 0 heterocycles. The third-order valence-corrected chi connectivity index (χ3v) is 3.02. The van der Waals surface area contributed by atoms with E-state index >= 15 is 0 Å². The smallest absolute Gasteiger partial charge is 0.416 e. The highest BCUT2D eigenvalue weighted by Crippen LogP contribution is 2.29. The predicted molar refractivity (Wildman–Crippen MR) is 84.1 cm³/mol. The summed E-state index contributed by atoms with van der Waals surface area (Å²) in [5.41, 5.74) is 2.09. The Balaban J connectivity index is 1.99. The first-order valence-corrected chi connectivity index (χ1v) is 7.13. The second kappa shape index (κ2) is 7.63. The lowest BCUT2D eigenvalue weighted by Gasteiger charge is -2.06. The average molecular weight is 336 g/mol. The molecule has 1 amide bonds. The number of ether oxygens (including phenoxy) is 1. The highest BCUT2D eigenvalue weighted by Gasteiger charge is 2.30. The van der Waals surface area contributed by atoms with Crippen LogP contribution in [0.15, 0.2) is 53.6 Å². The fourth-order valence-corrected chi connectivity index (χ4v) is 1.89. The number of nitrogens with one attached hydrogen (secondary N) is 1. The first kappa shape index (κ1) is 17.5. The predicted octanol–water partition coefficient (Wildman–Crippen LogP) is 3.87. The Labute approximate surface area is 137 Å². The zero-order valence-corrected chi connectivity index (χ0v) is 12.8. The van der Waals surface area contributed by atoms with E-state index in [-0.39, 0.29) is 5.56 Å². The van der Waals surface area contributed by atoms with Crippen LogP contribution in [0.3, 0.4) is 0 Å². The molecule has 0 aromatic heterocycles. The van der Waals surface area contributed by atoms with Gasteiger partial charge in [-0.15, -0.1) is 0 Å². The van der Waals surface area contributed by atoms with Crippen molar-refractivity contribution < 1.29 is 22.7 Å². The Morgan fingerprint density at radius 1 is 1.21 bits per heavy atom. The highest BCUT2D eigenvalue weighted by molar-refractivity contribution is 5.95. The molecule has 0 aliphatic heterocycles. The molecule has 4 nitrogen and oxygen atoms in total. The Morgan fingerprint density at radius 2 is 1.92 bits per heavy atom. The van der Waals surface area contributed by atoms with Gasteiger partial charge in [-0.2, -0.15) is 18.3 Å². The molecule has 0 unspecified atom stereocenters. The van der Waals surface area contributed by atoms with Crippen molar-refractivity contribution in [2.75, 3.05) is 6.61 Å². The summed E-state index contributed by atoms with van der Waals surface area (Å²) in [6, 6.07) is 11.1. The van der Waals surface area contributed by atoms with Gasteiger partial charge in [-0.1, -0.05) is 12.1 Å². The third-order valence-electron chi connectivity index (χ3n) is 3.02. The van der Waals surface area contributed by atoms with E-state index in [1.807, 2.05) is 6.92 Å². The van der Waals surface area contributed by atoms with Crippen LogP contribution in [0.2, 0.25) is 0 Å². The number of hydrogen-bond donors (Lipinski definition) is 1. The van der Waals surface area contributed by atoms with Gasteiger partial charge in [-0.05, 0) is 48.9 Å². The molecule has 2 rings (SSSR count). The Kier molecular flexibility index (Phi) is 5.57. The monoisotopic (exact) mass is 336 g/mol. The molecule has 24 heavy (non-hydrogen) atoms. The average Bonchev–Trinajstić information content (AvgIpc) is 2.55. The molecule has 0 saturated carbocycles. The molecular weight excluding hydrogens is 321 g/mol. The van der Waals surface area contributed by atoms with Crippen molar-refractivity contribution in [1.29, 1.82) is 0 Å². The van der Waals surface area contributed by atoms with Crippen LogP contribution in [0, 0.1) is 0 Å². The SMILES string of the molecule is CCOc1ccc(C(=O)N/N=C\c2cccc(C(F)(F)F)c2)cc1. The number of hydrogen-bond acceptors (Lipinski definition) is 3. The van der Waals surface area contributed by atoms with Crippen molar-refractivity contribution in [1.82, 2.24) is 5.43 Å². The number of carbonyl (C=O) groups is 1. The molecule has 0 atom stereocenters. The van der Waals surface area contributed by atoms with E-state index in [2.05, 4.69) is 10.5 Å². The van der Waals surface area contributed by atoms with E-state index < -0.39 is 17.6 Å². The summed E-state index contributed by atoms with van der Waals surface area (Å²) in [5, 5.41) is 3.68. The Hall–Kier alpha value is -2.83. The minimum Gasteiger partial charge on any atom is -0.494 e. The van der Waals surface area contributed by atoms with Crippen molar-refractivity contribution in [3.05, 3.63) is 65.2 Å². The quantitative estimate of drug-likeness (QED) is 0.666. The van der Waals surface area contributed by atoms with E-state index in [1.54, 1.807) is 24.3 Å². The van der Waals surface area contributed by atoms with Crippen molar-refractivity contribution in [3.63, 3.8) is 0 Å². The van der Waals surface area contributed by atoms with Gasteiger partial charge in [0.15, 0.2) is 0 Å². The van der Waals surface area contributed by atoms with E-state index in [1.165, 1.54) is 12.1 Å². The molecule has 0 fully saturated rings. The van der Waals surface area contributed by atoms with Gasteiger partial charge in [0.05, 0.1) is 18.4 Å². The van der Waals surface area contributed by atoms with Crippen LogP contribution in [0.1, 0.15) is 28.4 Å². The molecule has 2 aromatic carbocycles. The number of amides is 1. The molecule has 0 radical (unpaired) electrons. The van der Waals surface area contributed by atoms with Crippen LogP contribution in [-0.4, -0.2) is 18.7 Å². The van der Waals surface area contributed by atoms with Gasteiger partial charge in [0.25, 0.3) is 5.91 Å². The molecule has 1 N–H and O–H groups in total. The molecular formula is C17H15F3N2O2. The summed E-state index contributed by atoms with van der Waals surface area (Å²) in [6.07, 6.45) is -3.27. The molecule has 0 bridgehead atoms. The molecule has 7 heteroatoms. The van der Waals surface area contributed by atoms with Gasteiger partial charge in [0.2, 0.25) is 0 Å². The van der Waals surface area contributed by atoms with Crippen molar-refractivity contribution in [2.24, 2.45) is 5.10 Å². The minimum absolute atomic E-state index is 0.233. The summed E-state index contributed by atoms with van der Waals surface area (Å²) < 4.78 is 43.1. The lowest BCUT2D eigenvalue weighted by atomic mass is 10.1. The first-order valence-electron chi connectivity index (χ1n) is 7.13. The van der Waals surface area contributed by atoms with E-state index in [4.69, 9.17) is 4.74 Å². The van der Waals surface area contributed by atoms with E-state index in [0.29, 0.717) is 17.9 Å². The van der Waals surface area contributed by atoms with Crippen molar-refractivity contribution in [3.8, 4) is 5.75 Å². The summed E-state index contributed by atoms with van der Waals surface area (Å²) >= 11 is 0. The van der Waals surface area contributed by atoms with Crippen molar-refractivity contribution in [2.45, 2.75) is 13.1 Å². The maximum Gasteiger partial charge on any atom is 0.416 e. The zero-order chi connectivity index (χ0) is 17.6. The Morgan fingerprint density at radius 3 is 2.54 bits per heavy atom. The van der Waals surface area contributed by atoms with Gasteiger partial charge in [-0.25, -0.2) is 5.43 Å². The zero-order valence-electron chi connectivity index (χ0n) is 12.8. The maximum atomic E-state index is 12.6. The van der Waals surface area contributed by atoms with E-state index in [9.17, 15) is 18.0 Å². The summed E-state index contributed by atoms with van der Waals surface area (Å²) in [6.45, 7) is 2.37. The van der Waals surface area contributed by atoms with Crippen LogP contribution >= 0.6 is 0 Å². The molecule has 126 valence electrons. The lowest BCUT2D eigenvalue weighted by Crippen LogP contribution is -2.17. The normalized spacial score (nSPS) is 11.5. The van der Waals surface area contributed by atoms with Crippen LogP contribution in [0.4, 0.5) is 13.2 Å². The summed E-state index contributed by atoms with van der Waals surface area (Å²) in [7, 11) is 0. The number of alkyl halides is 3. The largest absolute Gasteiger partial charge is 0.494 e. The van der Waals surface area contributed by atoms with Gasteiger partial charge in [0, 0.05) is 5.56 Å². The fourth-order valence-electron chi connectivity index (χ4n) is 1.89. The molecule has 0 aliphatic carbocycles. The second-order valence-electron chi connectivity index (χ2n) is 4.78. The van der Waals surface area contributed by atoms with Crippen molar-refractivity contribution >= 4 is 12.1 Å². The summed E-state index contributed by atoms with van der Waals surface area (Å²) in [4.78, 5) is 11.9. The number of benzene rings is 2. The summed E-state index contributed by atoms with van der Waals surface area (Å²) in [5.74, 6) is 0.169. The number of carbonyl (C=O) groups excluding carboxylic acids is 1. The minimum atomic E-state index is -4.42. The molecule has 0 spiro atoms. The van der Waals surface area contributed by atoms with E-state index in [0.717, 1.165) is 18.3 Å². The molecule has 0 aliphatic rings. The van der Waals surface area contributed by atoms with Gasteiger partial charge >= 0.3 is 6.18 Å². The standard InChI is InChI=1S/C17H15F3N2O2/c1-2-24-15-8-6-13(7-9-15)16(23)22-21-11-12-4-3-5-14(10-12)17(18,19)20/h3-11H,2H2,1H3,(H,22,23)/b21-11-.